The monoisotopic (exact) mass is 222 g/mol. The van der Waals surface area contributed by atoms with E-state index in [-0.39, 0.29) is 6.04 Å². The third-order valence-electron chi connectivity index (χ3n) is 2.47. The molecule has 1 saturated heterocycles. The number of hydrogen-bond donors (Lipinski definition) is 0. The van der Waals surface area contributed by atoms with Crippen molar-refractivity contribution in [3.63, 3.8) is 0 Å². The Kier molecular flexibility index (Phi) is 4.93. The van der Waals surface area contributed by atoms with Crippen LogP contribution in [0.3, 0.4) is 0 Å². The second-order valence-corrected chi connectivity index (χ2v) is 3.47. The molecule has 2 rings (SSSR count). The molecule has 2 heterocycles. The van der Waals surface area contributed by atoms with E-state index in [1.165, 1.54) is 0 Å². The zero-order valence-electron chi connectivity index (χ0n) is 10.1. The lowest BCUT2D eigenvalue weighted by Gasteiger charge is -2.16. The Hall–Kier alpha value is -1.41. The molecule has 1 aliphatic rings. The summed E-state index contributed by atoms with van der Waals surface area (Å²) in [5, 5.41) is 12.4. The molecule has 1 fully saturated rings. The van der Waals surface area contributed by atoms with Gasteiger partial charge in [0.15, 0.2) is 5.82 Å². The van der Waals surface area contributed by atoms with Gasteiger partial charge in [0, 0.05) is 6.54 Å². The van der Waals surface area contributed by atoms with E-state index >= 15 is 0 Å². The van der Waals surface area contributed by atoms with Crippen LogP contribution in [0.2, 0.25) is 0 Å². The van der Waals surface area contributed by atoms with Crippen molar-refractivity contribution >= 4 is 0 Å². The maximum Gasteiger partial charge on any atom is 0.244 e. The first kappa shape index (κ1) is 12.7. The van der Waals surface area contributed by atoms with Gasteiger partial charge in [-0.2, -0.15) is 10.2 Å². The van der Waals surface area contributed by atoms with Gasteiger partial charge in [0.25, 0.3) is 0 Å². The minimum atomic E-state index is 0.149. The van der Waals surface area contributed by atoms with Gasteiger partial charge in [0.05, 0.1) is 18.7 Å². The zero-order chi connectivity index (χ0) is 12.0. The summed E-state index contributed by atoms with van der Waals surface area (Å²) in [5.41, 5.74) is 0. The predicted octanol–water partition coefficient (Wildman–Crippen LogP) is 2.06. The Morgan fingerprint density at radius 2 is 2.31 bits per heavy atom. The van der Waals surface area contributed by atoms with Gasteiger partial charge in [-0.15, -0.1) is 0 Å². The van der Waals surface area contributed by atoms with E-state index in [0.29, 0.717) is 18.3 Å². The van der Waals surface area contributed by atoms with Gasteiger partial charge in [-0.3, -0.25) is 4.90 Å². The van der Waals surface area contributed by atoms with Crippen molar-refractivity contribution in [2.24, 2.45) is 0 Å². The van der Waals surface area contributed by atoms with Crippen molar-refractivity contribution in [2.75, 3.05) is 13.1 Å². The molecule has 88 valence electrons. The Bertz CT molecular complexity index is 355. The van der Waals surface area contributed by atoms with Crippen LogP contribution in [0.25, 0.3) is 0 Å². The lowest BCUT2D eigenvalue weighted by molar-refractivity contribution is 0.227. The van der Waals surface area contributed by atoms with Crippen molar-refractivity contribution < 1.29 is 4.52 Å². The molecule has 5 heteroatoms. The van der Waals surface area contributed by atoms with Gasteiger partial charge in [-0.25, -0.2) is 0 Å². The number of likely N-dealkylation sites (tertiary alicyclic amines) is 1. The first-order chi connectivity index (χ1) is 7.81. The van der Waals surface area contributed by atoms with E-state index in [1.54, 1.807) is 6.92 Å². The molecule has 0 radical (unpaired) electrons. The summed E-state index contributed by atoms with van der Waals surface area (Å²) in [7, 11) is 0. The highest BCUT2D eigenvalue weighted by Gasteiger charge is 2.29. The van der Waals surface area contributed by atoms with Crippen molar-refractivity contribution in [3.05, 3.63) is 11.7 Å². The zero-order valence-corrected chi connectivity index (χ0v) is 10.1. The Labute approximate surface area is 96.1 Å². The standard InChI is InChI=1S/C9H12N4O.C2H6/c1-7-11-9(14-12-7)8-3-2-5-13(8)6-4-10;1-2/h8H,2-3,5-6H2,1H3;1-2H3. The van der Waals surface area contributed by atoms with Crippen molar-refractivity contribution in [3.8, 4) is 6.07 Å². The van der Waals surface area contributed by atoms with Crippen LogP contribution in [0, 0.1) is 18.3 Å². The molecule has 1 unspecified atom stereocenters. The molecule has 1 aliphatic heterocycles. The third-order valence-corrected chi connectivity index (χ3v) is 2.47. The second-order valence-electron chi connectivity index (χ2n) is 3.47. The molecule has 1 aromatic rings. The minimum Gasteiger partial charge on any atom is -0.338 e. The van der Waals surface area contributed by atoms with E-state index in [0.717, 1.165) is 19.4 Å². The largest absolute Gasteiger partial charge is 0.338 e. The summed E-state index contributed by atoms with van der Waals surface area (Å²) in [5.74, 6) is 1.30. The van der Waals surface area contributed by atoms with Crippen molar-refractivity contribution in [1.29, 1.82) is 5.26 Å². The SMILES string of the molecule is CC.Cc1noc(C2CCCN2CC#N)n1. The van der Waals surface area contributed by atoms with Gasteiger partial charge < -0.3 is 4.52 Å². The van der Waals surface area contributed by atoms with Crippen LogP contribution >= 0.6 is 0 Å². The van der Waals surface area contributed by atoms with Gasteiger partial charge in [-0.1, -0.05) is 19.0 Å². The van der Waals surface area contributed by atoms with Crippen molar-refractivity contribution in [1.82, 2.24) is 15.0 Å². The average Bonchev–Trinajstić information content (AvgIpc) is 2.90. The van der Waals surface area contributed by atoms with E-state index in [9.17, 15) is 0 Å². The van der Waals surface area contributed by atoms with Gasteiger partial charge in [-0.05, 0) is 19.8 Å². The van der Waals surface area contributed by atoms with Crippen LogP contribution in [-0.4, -0.2) is 28.1 Å². The Morgan fingerprint density at radius 1 is 1.56 bits per heavy atom. The molecule has 1 atom stereocenters. The Balaban J connectivity index is 0.000000606. The fraction of sp³-hybridized carbons (Fsp3) is 0.727. The Morgan fingerprint density at radius 3 is 2.88 bits per heavy atom. The minimum absolute atomic E-state index is 0.149. The quantitative estimate of drug-likeness (QED) is 0.716. The first-order valence-corrected chi connectivity index (χ1v) is 5.72. The fourth-order valence-electron chi connectivity index (χ4n) is 1.83. The molecule has 5 nitrogen and oxygen atoms in total. The summed E-state index contributed by atoms with van der Waals surface area (Å²) in [6.45, 7) is 7.18. The molecule has 0 spiro atoms. The maximum absolute atomic E-state index is 8.64. The molecule has 0 saturated carbocycles. The van der Waals surface area contributed by atoms with E-state index < -0.39 is 0 Å². The summed E-state index contributed by atoms with van der Waals surface area (Å²) in [6, 6.07) is 2.30. The lowest BCUT2D eigenvalue weighted by Crippen LogP contribution is -2.23. The van der Waals surface area contributed by atoms with Crippen LogP contribution in [-0.2, 0) is 0 Å². The van der Waals surface area contributed by atoms with Crippen LogP contribution < -0.4 is 0 Å². The highest BCUT2D eigenvalue weighted by Crippen LogP contribution is 2.29. The summed E-state index contributed by atoms with van der Waals surface area (Å²) in [6.07, 6.45) is 2.09. The highest BCUT2D eigenvalue weighted by molar-refractivity contribution is 4.97. The lowest BCUT2D eigenvalue weighted by atomic mass is 10.2. The molecular formula is C11H18N4O. The molecule has 0 N–H and O–H groups in total. The molecule has 0 amide bonds. The van der Waals surface area contributed by atoms with E-state index in [1.807, 2.05) is 13.8 Å². The summed E-state index contributed by atoms with van der Waals surface area (Å²) < 4.78 is 5.11. The number of nitriles is 1. The van der Waals surface area contributed by atoms with E-state index in [4.69, 9.17) is 9.78 Å². The topological polar surface area (TPSA) is 66.0 Å². The van der Waals surface area contributed by atoms with Gasteiger partial charge >= 0.3 is 0 Å². The maximum atomic E-state index is 8.64. The molecule has 0 aromatic carbocycles. The van der Waals surface area contributed by atoms with Gasteiger partial charge in [0.2, 0.25) is 5.89 Å². The van der Waals surface area contributed by atoms with Gasteiger partial charge in [0.1, 0.15) is 0 Å². The molecule has 16 heavy (non-hydrogen) atoms. The molecule has 0 aliphatic carbocycles. The second kappa shape index (κ2) is 6.23. The highest BCUT2D eigenvalue weighted by atomic mass is 16.5. The molecular weight excluding hydrogens is 204 g/mol. The summed E-state index contributed by atoms with van der Waals surface area (Å²) in [4.78, 5) is 6.27. The smallest absolute Gasteiger partial charge is 0.244 e. The third kappa shape index (κ3) is 2.80. The number of nitrogens with zero attached hydrogens (tertiary/aromatic N) is 4. The van der Waals surface area contributed by atoms with Crippen LogP contribution in [0.15, 0.2) is 4.52 Å². The average molecular weight is 222 g/mol. The van der Waals surface area contributed by atoms with Crippen molar-refractivity contribution in [2.45, 2.75) is 39.7 Å². The summed E-state index contributed by atoms with van der Waals surface area (Å²) >= 11 is 0. The number of aromatic nitrogens is 2. The van der Waals surface area contributed by atoms with Crippen LogP contribution in [0.1, 0.15) is 44.4 Å². The predicted molar refractivity (Wildman–Crippen MR) is 59.5 cm³/mol. The number of aryl methyl sites for hydroxylation is 1. The number of hydrogen-bond acceptors (Lipinski definition) is 5. The fourth-order valence-corrected chi connectivity index (χ4v) is 1.83. The van der Waals surface area contributed by atoms with E-state index in [2.05, 4.69) is 21.1 Å². The first-order valence-electron chi connectivity index (χ1n) is 5.72. The molecule has 1 aromatic heterocycles. The normalized spacial score (nSPS) is 20.0. The van der Waals surface area contributed by atoms with Crippen LogP contribution in [0.5, 0.6) is 0 Å². The number of rotatable bonds is 2. The van der Waals surface area contributed by atoms with Crippen LogP contribution in [0.4, 0.5) is 0 Å². The molecule has 0 bridgehead atoms.